The van der Waals surface area contributed by atoms with Gasteiger partial charge in [-0.15, -0.1) is 0 Å². The van der Waals surface area contributed by atoms with Crippen molar-refractivity contribution < 1.29 is 9.53 Å². The lowest BCUT2D eigenvalue weighted by molar-refractivity contribution is -0.124. The Morgan fingerprint density at radius 3 is 2.78 bits per heavy atom. The first kappa shape index (κ1) is 15.4. The predicted octanol–water partition coefficient (Wildman–Crippen LogP) is 1.55. The molecule has 106 valence electrons. The molecule has 0 radical (unpaired) electrons. The van der Waals surface area contributed by atoms with Crippen molar-refractivity contribution in [1.29, 1.82) is 0 Å². The summed E-state index contributed by atoms with van der Waals surface area (Å²) < 4.78 is 4.94. The van der Waals surface area contributed by atoms with Crippen LogP contribution in [0.1, 0.15) is 40.0 Å². The van der Waals surface area contributed by atoms with Crippen molar-refractivity contribution >= 4 is 5.91 Å². The van der Waals surface area contributed by atoms with Crippen LogP contribution in [0.25, 0.3) is 0 Å². The summed E-state index contributed by atoms with van der Waals surface area (Å²) in [6, 6.07) is 0. The van der Waals surface area contributed by atoms with Crippen LogP contribution in [0.5, 0.6) is 0 Å². The van der Waals surface area contributed by atoms with Crippen molar-refractivity contribution in [3.63, 3.8) is 0 Å². The van der Waals surface area contributed by atoms with E-state index in [9.17, 15) is 4.79 Å². The third-order valence-corrected chi connectivity index (χ3v) is 4.03. The van der Waals surface area contributed by atoms with Gasteiger partial charge in [0.05, 0.1) is 6.61 Å². The molecule has 1 aliphatic heterocycles. The second kappa shape index (κ2) is 7.10. The maximum absolute atomic E-state index is 11.8. The van der Waals surface area contributed by atoms with E-state index in [0.717, 1.165) is 19.5 Å². The Hall–Kier alpha value is -0.610. The van der Waals surface area contributed by atoms with Gasteiger partial charge >= 0.3 is 0 Å². The van der Waals surface area contributed by atoms with Gasteiger partial charge < -0.3 is 15.4 Å². The molecule has 2 unspecified atom stereocenters. The Labute approximate surface area is 111 Å². The molecule has 2 atom stereocenters. The Morgan fingerprint density at radius 2 is 2.28 bits per heavy atom. The van der Waals surface area contributed by atoms with Gasteiger partial charge in [0.2, 0.25) is 5.91 Å². The first-order valence-electron chi connectivity index (χ1n) is 7.02. The van der Waals surface area contributed by atoms with Gasteiger partial charge in [0.1, 0.15) is 0 Å². The number of amides is 1. The highest BCUT2D eigenvalue weighted by molar-refractivity contribution is 5.76. The molecule has 4 nitrogen and oxygen atoms in total. The van der Waals surface area contributed by atoms with Gasteiger partial charge in [-0.05, 0) is 45.2 Å². The third-order valence-electron chi connectivity index (χ3n) is 4.03. The van der Waals surface area contributed by atoms with E-state index in [-0.39, 0.29) is 11.4 Å². The normalized spacial score (nSPS) is 21.9. The van der Waals surface area contributed by atoms with E-state index >= 15 is 0 Å². The quantitative estimate of drug-likeness (QED) is 0.726. The van der Waals surface area contributed by atoms with Crippen LogP contribution in [-0.2, 0) is 9.53 Å². The van der Waals surface area contributed by atoms with Crippen molar-refractivity contribution in [3.8, 4) is 0 Å². The monoisotopic (exact) mass is 256 g/mol. The molecule has 1 amide bonds. The minimum absolute atomic E-state index is 0.0891. The summed E-state index contributed by atoms with van der Waals surface area (Å²) >= 11 is 0. The zero-order valence-electron chi connectivity index (χ0n) is 12.2. The molecule has 1 heterocycles. The second-order valence-electron chi connectivity index (χ2n) is 5.78. The van der Waals surface area contributed by atoms with E-state index in [1.807, 2.05) is 0 Å². The molecule has 0 spiro atoms. The average molecular weight is 256 g/mol. The summed E-state index contributed by atoms with van der Waals surface area (Å²) in [7, 11) is 1.62. The van der Waals surface area contributed by atoms with Crippen molar-refractivity contribution in [2.45, 2.75) is 45.6 Å². The van der Waals surface area contributed by atoms with Gasteiger partial charge in [-0.3, -0.25) is 4.79 Å². The smallest absolute Gasteiger partial charge is 0.222 e. The number of nitrogens with one attached hydrogen (secondary N) is 2. The van der Waals surface area contributed by atoms with Crippen LogP contribution in [0.4, 0.5) is 0 Å². The molecule has 1 rings (SSSR count). The van der Waals surface area contributed by atoms with Gasteiger partial charge in [0.15, 0.2) is 0 Å². The van der Waals surface area contributed by atoms with Gasteiger partial charge in [-0.25, -0.2) is 0 Å². The molecule has 2 N–H and O–H groups in total. The van der Waals surface area contributed by atoms with E-state index < -0.39 is 0 Å². The van der Waals surface area contributed by atoms with E-state index in [2.05, 4.69) is 31.4 Å². The van der Waals surface area contributed by atoms with Crippen LogP contribution in [-0.4, -0.2) is 38.3 Å². The highest BCUT2D eigenvalue weighted by Gasteiger charge is 2.36. The molecule has 1 saturated heterocycles. The molecule has 1 aliphatic rings. The van der Waals surface area contributed by atoms with Crippen LogP contribution in [0.3, 0.4) is 0 Å². The zero-order valence-corrected chi connectivity index (χ0v) is 12.2. The summed E-state index contributed by atoms with van der Waals surface area (Å²) in [5.74, 6) is 1.29. The van der Waals surface area contributed by atoms with Crippen molar-refractivity contribution in [2.75, 3.05) is 26.8 Å². The minimum Gasteiger partial charge on any atom is -0.384 e. The summed E-state index contributed by atoms with van der Waals surface area (Å²) in [6.45, 7) is 9.18. The number of carbonyl (C=O) groups excluding carboxylic acids is 1. The Kier molecular flexibility index (Phi) is 6.09. The fourth-order valence-corrected chi connectivity index (χ4v) is 3.16. The fraction of sp³-hybridized carbons (Fsp3) is 0.929. The SMILES string of the molecule is CCC(C1CCNC1)C(C)(C)NC(=O)CCOC. The molecule has 18 heavy (non-hydrogen) atoms. The fourth-order valence-electron chi connectivity index (χ4n) is 3.16. The number of ether oxygens (including phenoxy) is 1. The van der Waals surface area contributed by atoms with Gasteiger partial charge in [0.25, 0.3) is 0 Å². The van der Waals surface area contributed by atoms with Gasteiger partial charge in [0, 0.05) is 19.1 Å². The topological polar surface area (TPSA) is 50.4 Å². The molecular formula is C14H28N2O2. The maximum atomic E-state index is 11.8. The lowest BCUT2D eigenvalue weighted by atomic mass is 9.75. The standard InChI is InChI=1S/C14H28N2O2/c1-5-12(11-6-8-15-10-11)14(2,3)16-13(17)7-9-18-4/h11-12,15H,5-10H2,1-4H3,(H,16,17). The average Bonchev–Trinajstić information content (AvgIpc) is 2.79. The molecule has 1 fully saturated rings. The van der Waals surface area contributed by atoms with Crippen LogP contribution < -0.4 is 10.6 Å². The first-order chi connectivity index (χ1) is 8.51. The van der Waals surface area contributed by atoms with Crippen LogP contribution in [0.15, 0.2) is 0 Å². The summed E-state index contributed by atoms with van der Waals surface area (Å²) in [5.41, 5.74) is -0.143. The third kappa shape index (κ3) is 4.25. The molecule has 4 heteroatoms. The number of rotatable bonds is 7. The van der Waals surface area contributed by atoms with Crippen LogP contribution in [0, 0.1) is 11.8 Å². The maximum Gasteiger partial charge on any atom is 0.222 e. The van der Waals surface area contributed by atoms with Crippen molar-refractivity contribution in [3.05, 3.63) is 0 Å². The summed E-state index contributed by atoms with van der Waals surface area (Å²) in [4.78, 5) is 11.8. The molecule has 0 bridgehead atoms. The van der Waals surface area contributed by atoms with Crippen LogP contribution >= 0.6 is 0 Å². The largest absolute Gasteiger partial charge is 0.384 e. The number of methoxy groups -OCH3 is 1. The summed E-state index contributed by atoms with van der Waals surface area (Å²) in [6.07, 6.45) is 2.76. The minimum atomic E-state index is -0.143. The zero-order chi connectivity index (χ0) is 13.6. The van der Waals surface area contributed by atoms with Crippen LogP contribution in [0.2, 0.25) is 0 Å². The number of carbonyl (C=O) groups is 1. The molecule has 0 aromatic rings. The van der Waals surface area contributed by atoms with Gasteiger partial charge in [-0.2, -0.15) is 0 Å². The molecular weight excluding hydrogens is 228 g/mol. The van der Waals surface area contributed by atoms with E-state index in [0.29, 0.717) is 24.9 Å². The van der Waals surface area contributed by atoms with Gasteiger partial charge in [-0.1, -0.05) is 13.3 Å². The Balaban J connectivity index is 2.55. The molecule has 0 aromatic carbocycles. The molecule has 0 aromatic heterocycles. The summed E-state index contributed by atoms with van der Waals surface area (Å²) in [5, 5.41) is 6.59. The predicted molar refractivity (Wildman–Crippen MR) is 73.5 cm³/mol. The number of hydrogen-bond acceptors (Lipinski definition) is 3. The van der Waals surface area contributed by atoms with E-state index in [1.54, 1.807) is 7.11 Å². The Bertz CT molecular complexity index is 261. The van der Waals surface area contributed by atoms with Crippen molar-refractivity contribution in [1.82, 2.24) is 10.6 Å². The lowest BCUT2D eigenvalue weighted by Crippen LogP contribution is -2.51. The highest BCUT2D eigenvalue weighted by atomic mass is 16.5. The molecule has 0 aliphatic carbocycles. The lowest BCUT2D eigenvalue weighted by Gasteiger charge is -2.38. The second-order valence-corrected chi connectivity index (χ2v) is 5.78. The molecule has 0 saturated carbocycles. The number of hydrogen-bond donors (Lipinski definition) is 2. The Morgan fingerprint density at radius 1 is 1.56 bits per heavy atom. The van der Waals surface area contributed by atoms with Crippen molar-refractivity contribution in [2.24, 2.45) is 11.8 Å². The van der Waals surface area contributed by atoms with E-state index in [1.165, 1.54) is 6.42 Å². The van der Waals surface area contributed by atoms with E-state index in [4.69, 9.17) is 4.74 Å². The highest BCUT2D eigenvalue weighted by Crippen LogP contribution is 2.31. The first-order valence-corrected chi connectivity index (χ1v) is 7.02.